The molecule has 0 aliphatic rings. The summed E-state index contributed by atoms with van der Waals surface area (Å²) in [6, 6.07) is 11.2. The first kappa shape index (κ1) is 13.7. The van der Waals surface area contributed by atoms with E-state index in [4.69, 9.17) is 0 Å². The van der Waals surface area contributed by atoms with Gasteiger partial charge in [-0.25, -0.2) is 4.39 Å². The molecule has 0 saturated carbocycles. The minimum absolute atomic E-state index is 0.0621. The second-order valence-electron chi connectivity index (χ2n) is 4.32. The normalized spacial score (nSPS) is 12.9. The fourth-order valence-electron chi connectivity index (χ4n) is 1.87. The van der Waals surface area contributed by atoms with Gasteiger partial charge in [0.2, 0.25) is 0 Å². The topological polar surface area (TPSA) is 3.24 Å². The Morgan fingerprint density at radius 2 is 2.00 bits per heavy atom. The van der Waals surface area contributed by atoms with Crippen molar-refractivity contribution >= 4 is 27.3 Å². The average molecular weight is 328 g/mol. The van der Waals surface area contributed by atoms with Crippen LogP contribution in [-0.2, 0) is 6.54 Å². The lowest BCUT2D eigenvalue weighted by Gasteiger charge is -2.24. The van der Waals surface area contributed by atoms with Gasteiger partial charge >= 0.3 is 0 Å². The van der Waals surface area contributed by atoms with E-state index in [1.165, 1.54) is 10.9 Å². The molecule has 0 aliphatic carbocycles. The van der Waals surface area contributed by atoms with Crippen molar-refractivity contribution in [2.45, 2.75) is 19.5 Å². The minimum atomic E-state index is -0.135. The Morgan fingerprint density at radius 1 is 1.28 bits per heavy atom. The predicted molar refractivity (Wildman–Crippen MR) is 78.3 cm³/mol. The highest BCUT2D eigenvalue weighted by atomic mass is 79.9. The highest BCUT2D eigenvalue weighted by Crippen LogP contribution is 2.27. The van der Waals surface area contributed by atoms with Crippen LogP contribution in [0.5, 0.6) is 0 Å². The average Bonchev–Trinajstić information content (AvgIpc) is 2.74. The fraction of sp³-hybridized carbons (Fsp3) is 0.286. The van der Waals surface area contributed by atoms with Crippen LogP contribution in [0, 0.1) is 5.82 Å². The van der Waals surface area contributed by atoms with E-state index in [0.717, 1.165) is 15.9 Å². The van der Waals surface area contributed by atoms with Crippen molar-refractivity contribution < 1.29 is 4.39 Å². The van der Waals surface area contributed by atoms with Crippen molar-refractivity contribution in [3.05, 3.63) is 56.4 Å². The van der Waals surface area contributed by atoms with Crippen LogP contribution in [0.2, 0.25) is 0 Å². The number of halogens is 2. The Labute approximate surface area is 119 Å². The molecule has 0 amide bonds. The SMILES string of the molecule is CC(c1ccccc1F)N(C)Cc1ccc(Br)s1. The summed E-state index contributed by atoms with van der Waals surface area (Å²) in [4.78, 5) is 3.42. The molecule has 0 fully saturated rings. The molecule has 1 nitrogen and oxygen atoms in total. The van der Waals surface area contributed by atoms with Gasteiger partial charge in [0.25, 0.3) is 0 Å². The van der Waals surface area contributed by atoms with Crippen molar-refractivity contribution in [1.29, 1.82) is 0 Å². The zero-order chi connectivity index (χ0) is 13.1. The molecule has 0 radical (unpaired) electrons. The first-order valence-corrected chi connectivity index (χ1v) is 7.37. The number of thiophene rings is 1. The number of rotatable bonds is 4. The maximum absolute atomic E-state index is 13.7. The van der Waals surface area contributed by atoms with Crippen LogP contribution < -0.4 is 0 Å². The maximum Gasteiger partial charge on any atom is 0.127 e. The number of benzene rings is 1. The Balaban J connectivity index is 2.09. The number of hydrogen-bond acceptors (Lipinski definition) is 2. The number of hydrogen-bond donors (Lipinski definition) is 0. The summed E-state index contributed by atoms with van der Waals surface area (Å²) < 4.78 is 14.8. The lowest BCUT2D eigenvalue weighted by Crippen LogP contribution is -2.22. The molecule has 0 aliphatic heterocycles. The van der Waals surface area contributed by atoms with Crippen molar-refractivity contribution in [1.82, 2.24) is 4.90 Å². The molecule has 4 heteroatoms. The van der Waals surface area contributed by atoms with Gasteiger partial charge in [0.05, 0.1) is 3.79 Å². The highest BCUT2D eigenvalue weighted by Gasteiger charge is 2.15. The van der Waals surface area contributed by atoms with E-state index in [9.17, 15) is 4.39 Å². The molecule has 1 aromatic carbocycles. The number of nitrogens with zero attached hydrogens (tertiary/aromatic N) is 1. The van der Waals surface area contributed by atoms with Gasteiger partial charge in [0.1, 0.15) is 5.82 Å². The van der Waals surface area contributed by atoms with E-state index in [2.05, 4.69) is 26.9 Å². The molecule has 1 atom stereocenters. The smallest absolute Gasteiger partial charge is 0.127 e. The quantitative estimate of drug-likeness (QED) is 0.776. The summed E-state index contributed by atoms with van der Waals surface area (Å²) >= 11 is 5.17. The van der Waals surface area contributed by atoms with Crippen LogP contribution in [-0.4, -0.2) is 11.9 Å². The molecule has 18 heavy (non-hydrogen) atoms. The third-order valence-electron chi connectivity index (χ3n) is 3.05. The summed E-state index contributed by atoms with van der Waals surface area (Å²) in [5.74, 6) is -0.135. The third-order valence-corrected chi connectivity index (χ3v) is 4.66. The summed E-state index contributed by atoms with van der Waals surface area (Å²) in [6.07, 6.45) is 0. The van der Waals surface area contributed by atoms with E-state index in [1.54, 1.807) is 17.4 Å². The van der Waals surface area contributed by atoms with Crippen LogP contribution in [0.1, 0.15) is 23.4 Å². The van der Waals surface area contributed by atoms with Crippen LogP contribution >= 0.6 is 27.3 Å². The fourth-order valence-corrected chi connectivity index (χ4v) is 3.42. The van der Waals surface area contributed by atoms with Gasteiger partial charge in [-0.05, 0) is 48.1 Å². The van der Waals surface area contributed by atoms with E-state index >= 15 is 0 Å². The second-order valence-corrected chi connectivity index (χ2v) is 6.87. The molecular formula is C14H15BrFNS. The molecule has 0 bridgehead atoms. The molecular weight excluding hydrogens is 313 g/mol. The molecule has 0 N–H and O–H groups in total. The molecule has 2 aromatic rings. The summed E-state index contributed by atoms with van der Waals surface area (Å²) in [5, 5.41) is 0. The van der Waals surface area contributed by atoms with Crippen LogP contribution in [0.3, 0.4) is 0 Å². The van der Waals surface area contributed by atoms with Crippen molar-refractivity contribution in [2.75, 3.05) is 7.05 Å². The van der Waals surface area contributed by atoms with E-state index in [1.807, 2.05) is 32.2 Å². The third kappa shape index (κ3) is 3.19. The van der Waals surface area contributed by atoms with Crippen molar-refractivity contribution in [3.8, 4) is 0 Å². The standard InChI is InChI=1S/C14H15BrFNS/c1-10(12-5-3-4-6-13(12)16)17(2)9-11-7-8-14(15)18-11/h3-8,10H,9H2,1-2H3. The lowest BCUT2D eigenvalue weighted by molar-refractivity contribution is 0.250. The Morgan fingerprint density at radius 3 is 2.61 bits per heavy atom. The monoisotopic (exact) mass is 327 g/mol. The maximum atomic E-state index is 13.7. The van der Waals surface area contributed by atoms with Gasteiger partial charge in [-0.3, -0.25) is 4.90 Å². The first-order chi connectivity index (χ1) is 8.58. The van der Waals surface area contributed by atoms with Crippen LogP contribution in [0.15, 0.2) is 40.2 Å². The Kier molecular flexibility index (Phi) is 4.54. The first-order valence-electron chi connectivity index (χ1n) is 5.77. The van der Waals surface area contributed by atoms with Gasteiger partial charge in [-0.1, -0.05) is 18.2 Å². The van der Waals surface area contributed by atoms with Gasteiger partial charge in [0.15, 0.2) is 0 Å². The molecule has 1 aromatic heterocycles. The van der Waals surface area contributed by atoms with Gasteiger partial charge < -0.3 is 0 Å². The van der Waals surface area contributed by atoms with Gasteiger partial charge in [-0.15, -0.1) is 11.3 Å². The Hall–Kier alpha value is -0.710. The van der Waals surface area contributed by atoms with Crippen LogP contribution in [0.4, 0.5) is 4.39 Å². The summed E-state index contributed by atoms with van der Waals surface area (Å²) in [5.41, 5.74) is 0.746. The van der Waals surface area contributed by atoms with Crippen molar-refractivity contribution in [3.63, 3.8) is 0 Å². The summed E-state index contributed by atoms with van der Waals surface area (Å²) in [7, 11) is 2.02. The molecule has 0 saturated heterocycles. The van der Waals surface area contributed by atoms with E-state index in [-0.39, 0.29) is 11.9 Å². The van der Waals surface area contributed by atoms with E-state index in [0.29, 0.717) is 0 Å². The zero-order valence-electron chi connectivity index (χ0n) is 10.4. The van der Waals surface area contributed by atoms with E-state index < -0.39 is 0 Å². The molecule has 1 unspecified atom stereocenters. The van der Waals surface area contributed by atoms with Crippen LogP contribution in [0.25, 0.3) is 0 Å². The summed E-state index contributed by atoms with van der Waals surface area (Å²) in [6.45, 7) is 2.85. The molecule has 96 valence electrons. The largest absolute Gasteiger partial charge is 0.294 e. The van der Waals surface area contributed by atoms with Gasteiger partial charge in [0, 0.05) is 23.0 Å². The molecule has 2 rings (SSSR count). The highest BCUT2D eigenvalue weighted by molar-refractivity contribution is 9.11. The molecule has 1 heterocycles. The minimum Gasteiger partial charge on any atom is -0.294 e. The van der Waals surface area contributed by atoms with Crippen molar-refractivity contribution in [2.24, 2.45) is 0 Å². The second kappa shape index (κ2) is 5.95. The zero-order valence-corrected chi connectivity index (χ0v) is 12.8. The Bertz CT molecular complexity index is 526. The predicted octanol–water partition coefficient (Wildman–Crippen LogP) is 4.84. The van der Waals surface area contributed by atoms with Gasteiger partial charge in [-0.2, -0.15) is 0 Å². The molecule has 0 spiro atoms. The lowest BCUT2D eigenvalue weighted by atomic mass is 10.1.